The van der Waals surface area contributed by atoms with Crippen molar-refractivity contribution in [2.45, 2.75) is 37.9 Å². The predicted molar refractivity (Wildman–Crippen MR) is 134 cm³/mol. The third-order valence-electron chi connectivity index (χ3n) is 5.55. The van der Waals surface area contributed by atoms with Crippen molar-refractivity contribution < 1.29 is 4.92 Å². The average molecular weight is 445 g/mol. The summed E-state index contributed by atoms with van der Waals surface area (Å²) in [6.45, 7) is 5.04. The van der Waals surface area contributed by atoms with E-state index in [2.05, 4.69) is 35.7 Å². The first kappa shape index (κ1) is 23.4. The molecule has 0 fully saturated rings. The summed E-state index contributed by atoms with van der Waals surface area (Å²) < 4.78 is 0. The fourth-order valence-electron chi connectivity index (χ4n) is 3.90. The molecule has 5 heteroatoms. The molecule has 2 atom stereocenters. The summed E-state index contributed by atoms with van der Waals surface area (Å²) >= 11 is 5.92. The fraction of sp³-hybridized carbons (Fsp3) is 0.222. The van der Waals surface area contributed by atoms with E-state index in [1.54, 1.807) is 6.08 Å². The Labute approximate surface area is 195 Å². The van der Waals surface area contributed by atoms with Crippen LogP contribution in [-0.4, -0.2) is 20.9 Å². The monoisotopic (exact) mass is 444 g/mol. The summed E-state index contributed by atoms with van der Waals surface area (Å²) in [6.07, 6.45) is 2.35. The summed E-state index contributed by atoms with van der Waals surface area (Å²) in [5, 5.41) is 11.9. The van der Waals surface area contributed by atoms with Crippen LogP contribution in [-0.2, 0) is 13.1 Å². The number of rotatable bonds is 11. The first-order chi connectivity index (χ1) is 15.6. The van der Waals surface area contributed by atoms with Gasteiger partial charge < -0.3 is 4.90 Å². The summed E-state index contributed by atoms with van der Waals surface area (Å²) in [5.74, 6) is -0.328. The van der Waals surface area contributed by atoms with Gasteiger partial charge in [0.15, 0.2) is 0 Å². The molecule has 0 spiro atoms. The number of benzene rings is 3. The maximum absolute atomic E-state index is 11.9. The van der Waals surface area contributed by atoms with E-state index in [4.69, 9.17) is 12.2 Å². The van der Waals surface area contributed by atoms with E-state index in [1.807, 2.05) is 66.7 Å². The zero-order valence-electron chi connectivity index (χ0n) is 18.0. The molecular formula is C27H28N2O2S. The van der Waals surface area contributed by atoms with E-state index in [1.165, 1.54) is 0 Å². The fourth-order valence-corrected chi connectivity index (χ4v) is 4.21. The van der Waals surface area contributed by atoms with Gasteiger partial charge in [-0.25, -0.2) is 0 Å². The van der Waals surface area contributed by atoms with Crippen LogP contribution in [0.3, 0.4) is 0 Å². The summed E-state index contributed by atoms with van der Waals surface area (Å²) in [6, 6.07) is 29.2. The van der Waals surface area contributed by atoms with Gasteiger partial charge in [-0.15, -0.1) is 6.58 Å². The maximum Gasteiger partial charge on any atom is 0.223 e. The Bertz CT molecular complexity index is 968. The third-order valence-corrected chi connectivity index (χ3v) is 5.98. The highest BCUT2D eigenvalue weighted by molar-refractivity contribution is 7.80. The molecule has 0 aromatic heterocycles. The molecule has 0 unspecified atom stereocenters. The second-order valence-corrected chi connectivity index (χ2v) is 8.29. The van der Waals surface area contributed by atoms with E-state index in [9.17, 15) is 10.1 Å². The molecule has 0 saturated heterocycles. The van der Waals surface area contributed by atoms with Crippen molar-refractivity contribution in [3.8, 4) is 0 Å². The van der Waals surface area contributed by atoms with Gasteiger partial charge in [0.1, 0.15) is 0 Å². The van der Waals surface area contributed by atoms with E-state index < -0.39 is 6.04 Å². The Morgan fingerprint density at radius 1 is 0.906 bits per heavy atom. The van der Waals surface area contributed by atoms with Crippen molar-refractivity contribution in [3.05, 3.63) is 130 Å². The molecule has 3 aromatic carbocycles. The minimum atomic E-state index is -0.775. The lowest BCUT2D eigenvalue weighted by molar-refractivity contribution is -0.525. The van der Waals surface area contributed by atoms with Crippen molar-refractivity contribution in [1.29, 1.82) is 0 Å². The van der Waals surface area contributed by atoms with Crippen LogP contribution in [0.25, 0.3) is 0 Å². The molecule has 0 radical (unpaired) electrons. The largest absolute Gasteiger partial charge is 0.357 e. The number of hydrogen-bond acceptors (Lipinski definition) is 3. The van der Waals surface area contributed by atoms with E-state index in [0.717, 1.165) is 21.7 Å². The topological polar surface area (TPSA) is 46.4 Å². The van der Waals surface area contributed by atoms with Gasteiger partial charge in [0.2, 0.25) is 6.04 Å². The molecule has 0 aliphatic rings. The Morgan fingerprint density at radius 2 is 1.38 bits per heavy atom. The smallest absolute Gasteiger partial charge is 0.223 e. The zero-order chi connectivity index (χ0) is 22.8. The number of thiocarbonyl (C=S) groups is 1. The molecule has 3 rings (SSSR count). The minimum absolute atomic E-state index is 0.194. The van der Waals surface area contributed by atoms with Gasteiger partial charge in [0.25, 0.3) is 0 Å². The lowest BCUT2D eigenvalue weighted by Gasteiger charge is -2.29. The highest BCUT2D eigenvalue weighted by atomic mass is 32.1. The maximum atomic E-state index is 11.9. The molecule has 4 nitrogen and oxygen atoms in total. The van der Waals surface area contributed by atoms with Crippen LogP contribution in [0.1, 0.15) is 35.4 Å². The van der Waals surface area contributed by atoms with Gasteiger partial charge in [-0.3, -0.25) is 10.1 Å². The Balaban J connectivity index is 1.89. The average Bonchev–Trinajstić information content (AvgIpc) is 2.82. The summed E-state index contributed by atoms with van der Waals surface area (Å²) in [7, 11) is 0. The van der Waals surface area contributed by atoms with Crippen molar-refractivity contribution in [1.82, 2.24) is 4.90 Å². The van der Waals surface area contributed by atoms with Gasteiger partial charge in [-0.1, -0.05) is 109 Å². The third kappa shape index (κ3) is 6.59. The van der Waals surface area contributed by atoms with E-state index in [-0.39, 0.29) is 10.8 Å². The van der Waals surface area contributed by atoms with E-state index >= 15 is 0 Å². The van der Waals surface area contributed by atoms with Crippen molar-refractivity contribution in [2.24, 2.45) is 0 Å². The van der Waals surface area contributed by atoms with Crippen molar-refractivity contribution in [2.75, 3.05) is 0 Å². The van der Waals surface area contributed by atoms with Crippen LogP contribution in [0.5, 0.6) is 0 Å². The highest BCUT2D eigenvalue weighted by Crippen LogP contribution is 2.29. The van der Waals surface area contributed by atoms with Crippen LogP contribution < -0.4 is 0 Å². The molecule has 0 heterocycles. The lowest BCUT2D eigenvalue weighted by Crippen LogP contribution is -2.34. The molecule has 0 aliphatic carbocycles. The first-order valence-electron chi connectivity index (χ1n) is 10.7. The second-order valence-electron chi connectivity index (χ2n) is 7.82. The molecule has 0 bridgehead atoms. The predicted octanol–water partition coefficient (Wildman–Crippen LogP) is 6.41. The lowest BCUT2D eigenvalue weighted by atomic mass is 9.86. The SMILES string of the molecule is C=CC[C@@H]([C@H](CC(=S)N(Cc1ccccc1)Cc1ccccc1)c1ccccc1)[N+](=O)[O-]. The summed E-state index contributed by atoms with van der Waals surface area (Å²) in [5.41, 5.74) is 3.23. The highest BCUT2D eigenvalue weighted by Gasteiger charge is 2.33. The quantitative estimate of drug-likeness (QED) is 0.148. The summed E-state index contributed by atoms with van der Waals surface area (Å²) in [4.78, 5) is 14.6. The Morgan fingerprint density at radius 3 is 1.81 bits per heavy atom. The molecule has 3 aromatic rings. The van der Waals surface area contributed by atoms with Gasteiger partial charge in [0.05, 0.1) is 10.9 Å². The van der Waals surface area contributed by atoms with Gasteiger partial charge >= 0.3 is 0 Å². The van der Waals surface area contributed by atoms with Crippen LogP contribution in [0.4, 0.5) is 0 Å². The van der Waals surface area contributed by atoms with Gasteiger partial charge in [-0.05, 0) is 16.7 Å². The van der Waals surface area contributed by atoms with Crippen LogP contribution in [0.2, 0.25) is 0 Å². The Kier molecular flexibility index (Phi) is 8.70. The minimum Gasteiger partial charge on any atom is -0.357 e. The Hall–Kier alpha value is -3.31. The number of nitro groups is 1. The van der Waals surface area contributed by atoms with Crippen molar-refractivity contribution >= 4 is 17.2 Å². The zero-order valence-corrected chi connectivity index (χ0v) is 18.9. The molecule has 0 saturated carbocycles. The van der Waals surface area contributed by atoms with Crippen molar-refractivity contribution in [3.63, 3.8) is 0 Å². The number of nitrogens with zero attached hydrogens (tertiary/aromatic N) is 2. The molecule has 0 N–H and O–H groups in total. The number of hydrogen-bond donors (Lipinski definition) is 0. The normalized spacial score (nSPS) is 12.5. The standard InChI is InChI=1S/C27H28N2O2S/c1-2-12-26(29(30)31)25(24-17-10-5-11-18-24)19-27(32)28(20-22-13-6-3-7-14-22)21-23-15-8-4-9-16-23/h2-11,13-18,25-26H,1,12,19-21H2/t25-,26+/m1/s1. The van der Waals surface area contributed by atoms with E-state index in [0.29, 0.717) is 25.9 Å². The van der Waals surface area contributed by atoms with Crippen LogP contribution in [0.15, 0.2) is 104 Å². The molecular weight excluding hydrogens is 416 g/mol. The molecule has 0 amide bonds. The van der Waals surface area contributed by atoms with Crippen LogP contribution in [0, 0.1) is 10.1 Å². The molecule has 32 heavy (non-hydrogen) atoms. The second kappa shape index (κ2) is 11.9. The molecule has 0 aliphatic heterocycles. The van der Waals surface area contributed by atoms with Gasteiger partial charge in [-0.2, -0.15) is 0 Å². The van der Waals surface area contributed by atoms with Gasteiger partial charge in [0, 0.05) is 30.9 Å². The first-order valence-corrected chi connectivity index (χ1v) is 11.1. The molecule has 164 valence electrons. The van der Waals surface area contributed by atoms with Crippen LogP contribution >= 0.6 is 12.2 Å².